The van der Waals surface area contributed by atoms with Crippen molar-refractivity contribution in [2.75, 3.05) is 7.11 Å². The van der Waals surface area contributed by atoms with Crippen LogP contribution in [0, 0.1) is 12.3 Å². The SMILES string of the molecule is COC1CCC2(CC1)Cc1ccc(Br)cc1C21N=C(N)c2nc(C)sc21. The van der Waals surface area contributed by atoms with Crippen LogP contribution in [0.15, 0.2) is 27.7 Å². The minimum absolute atomic E-state index is 0.0694. The second-order valence-electron chi connectivity index (χ2n) is 7.81. The van der Waals surface area contributed by atoms with Crippen molar-refractivity contribution >= 4 is 33.1 Å². The van der Waals surface area contributed by atoms with Gasteiger partial charge in [0.1, 0.15) is 17.1 Å². The number of aliphatic imine (C=N–C) groups is 1. The summed E-state index contributed by atoms with van der Waals surface area (Å²) in [5.74, 6) is 0.602. The molecular weight excluding hydrogens is 410 g/mol. The molecule has 1 aromatic heterocycles. The smallest absolute Gasteiger partial charge is 0.147 e. The molecule has 1 unspecified atom stereocenters. The van der Waals surface area contributed by atoms with Crippen LogP contribution in [0.25, 0.3) is 0 Å². The van der Waals surface area contributed by atoms with Crippen molar-refractivity contribution in [1.82, 2.24) is 4.98 Å². The molecule has 1 aromatic carbocycles. The first-order valence-electron chi connectivity index (χ1n) is 9.14. The minimum Gasteiger partial charge on any atom is -0.382 e. The average molecular weight is 432 g/mol. The molecule has 2 N–H and O–H groups in total. The normalized spacial score (nSPS) is 32.1. The third-order valence-corrected chi connectivity index (χ3v) is 8.15. The van der Waals surface area contributed by atoms with Gasteiger partial charge >= 0.3 is 0 Å². The predicted octanol–water partition coefficient (Wildman–Crippen LogP) is 4.31. The van der Waals surface area contributed by atoms with E-state index in [9.17, 15) is 0 Å². The summed E-state index contributed by atoms with van der Waals surface area (Å²) in [4.78, 5) is 11.2. The lowest BCUT2D eigenvalue weighted by Gasteiger charge is -2.46. The van der Waals surface area contributed by atoms with Crippen molar-refractivity contribution < 1.29 is 4.74 Å². The molecule has 136 valence electrons. The number of amidine groups is 1. The number of hydrogen-bond donors (Lipinski definition) is 1. The van der Waals surface area contributed by atoms with Gasteiger partial charge in [-0.05, 0) is 62.3 Å². The Labute approximate surface area is 166 Å². The molecule has 6 heteroatoms. The van der Waals surface area contributed by atoms with E-state index in [1.165, 1.54) is 16.0 Å². The van der Waals surface area contributed by atoms with Gasteiger partial charge in [-0.3, -0.25) is 0 Å². The molecule has 1 fully saturated rings. The van der Waals surface area contributed by atoms with Crippen LogP contribution in [0.4, 0.5) is 0 Å². The topological polar surface area (TPSA) is 60.5 Å². The lowest BCUT2D eigenvalue weighted by Crippen LogP contribution is -2.44. The molecule has 1 saturated carbocycles. The monoisotopic (exact) mass is 431 g/mol. The summed E-state index contributed by atoms with van der Waals surface area (Å²) >= 11 is 5.44. The van der Waals surface area contributed by atoms with Crippen molar-refractivity contribution in [3.8, 4) is 0 Å². The van der Waals surface area contributed by atoms with Crippen LogP contribution in [0.3, 0.4) is 0 Å². The molecule has 1 atom stereocenters. The molecule has 0 bridgehead atoms. The van der Waals surface area contributed by atoms with Gasteiger partial charge in [0.25, 0.3) is 0 Å². The van der Waals surface area contributed by atoms with Gasteiger partial charge < -0.3 is 10.5 Å². The van der Waals surface area contributed by atoms with E-state index in [1.807, 2.05) is 7.11 Å². The predicted molar refractivity (Wildman–Crippen MR) is 108 cm³/mol. The van der Waals surface area contributed by atoms with Crippen LogP contribution in [0.5, 0.6) is 0 Å². The van der Waals surface area contributed by atoms with Crippen molar-refractivity contribution in [3.63, 3.8) is 0 Å². The molecule has 4 nitrogen and oxygen atoms in total. The van der Waals surface area contributed by atoms with E-state index in [-0.39, 0.29) is 11.0 Å². The van der Waals surface area contributed by atoms with Crippen molar-refractivity contribution in [2.45, 2.75) is 50.7 Å². The number of ether oxygens (including phenoxy) is 1. The third kappa shape index (κ3) is 2.04. The number of thiazole rings is 1. The van der Waals surface area contributed by atoms with Gasteiger partial charge in [-0.25, -0.2) is 9.98 Å². The van der Waals surface area contributed by atoms with Crippen molar-refractivity contribution in [2.24, 2.45) is 16.1 Å². The maximum atomic E-state index is 6.41. The van der Waals surface area contributed by atoms with E-state index in [2.05, 4.69) is 41.1 Å². The van der Waals surface area contributed by atoms with E-state index in [0.29, 0.717) is 11.9 Å². The Morgan fingerprint density at radius 1 is 1.31 bits per heavy atom. The highest BCUT2D eigenvalue weighted by atomic mass is 79.9. The molecule has 5 rings (SSSR count). The highest BCUT2D eigenvalue weighted by molar-refractivity contribution is 9.10. The second kappa shape index (κ2) is 5.63. The van der Waals surface area contributed by atoms with Crippen LogP contribution in [-0.2, 0) is 16.7 Å². The summed E-state index contributed by atoms with van der Waals surface area (Å²) in [6.07, 6.45) is 5.78. The zero-order valence-corrected chi connectivity index (χ0v) is 17.4. The summed E-state index contributed by atoms with van der Waals surface area (Å²) in [7, 11) is 1.83. The van der Waals surface area contributed by atoms with Gasteiger partial charge in [-0.15, -0.1) is 11.3 Å². The van der Waals surface area contributed by atoms with Gasteiger partial charge in [0, 0.05) is 17.0 Å². The third-order valence-electron chi connectivity index (χ3n) is 6.57. The van der Waals surface area contributed by atoms with E-state index in [0.717, 1.165) is 47.3 Å². The van der Waals surface area contributed by atoms with Crippen LogP contribution >= 0.6 is 27.3 Å². The number of nitrogens with two attached hydrogens (primary N) is 1. The molecule has 0 radical (unpaired) electrons. The summed E-state index contributed by atoms with van der Waals surface area (Å²) in [6, 6.07) is 6.66. The number of fused-ring (bicyclic) bond motifs is 5. The van der Waals surface area contributed by atoms with Crippen LogP contribution in [0.2, 0.25) is 0 Å². The fourth-order valence-corrected chi connectivity index (χ4v) is 6.97. The Morgan fingerprint density at radius 2 is 2.08 bits per heavy atom. The largest absolute Gasteiger partial charge is 0.382 e. The average Bonchev–Trinajstić information content (AvgIpc) is 3.22. The van der Waals surface area contributed by atoms with E-state index in [1.54, 1.807) is 11.3 Å². The molecule has 2 aromatic rings. The van der Waals surface area contributed by atoms with E-state index < -0.39 is 0 Å². The zero-order valence-electron chi connectivity index (χ0n) is 15.0. The molecule has 0 amide bonds. The number of aromatic nitrogens is 1. The number of halogens is 1. The number of aryl methyl sites for hydroxylation is 1. The first kappa shape index (κ1) is 16.9. The Balaban J connectivity index is 1.76. The fraction of sp³-hybridized carbons (Fsp3) is 0.500. The van der Waals surface area contributed by atoms with Crippen LogP contribution in [0.1, 0.15) is 52.4 Å². The number of nitrogens with zero attached hydrogens (tertiary/aromatic N) is 2. The molecule has 0 saturated heterocycles. The Kier molecular flexibility index (Phi) is 3.66. The van der Waals surface area contributed by atoms with Crippen LogP contribution < -0.4 is 5.73 Å². The second-order valence-corrected chi connectivity index (χ2v) is 9.93. The first-order valence-corrected chi connectivity index (χ1v) is 10.8. The number of rotatable bonds is 1. The molecule has 2 aliphatic carbocycles. The van der Waals surface area contributed by atoms with Crippen molar-refractivity contribution in [3.05, 3.63) is 49.4 Å². The summed E-state index contributed by atoms with van der Waals surface area (Å²) < 4.78 is 6.76. The highest BCUT2D eigenvalue weighted by Gasteiger charge is 2.63. The first-order chi connectivity index (χ1) is 12.5. The van der Waals surface area contributed by atoms with Gasteiger partial charge in [-0.1, -0.05) is 22.0 Å². The lowest BCUT2D eigenvalue weighted by molar-refractivity contribution is 0.00748. The molecular formula is C20H22BrN3OS. The van der Waals surface area contributed by atoms with Crippen molar-refractivity contribution in [1.29, 1.82) is 0 Å². The number of hydrogen-bond acceptors (Lipinski definition) is 5. The zero-order chi connectivity index (χ0) is 18.1. The van der Waals surface area contributed by atoms with E-state index >= 15 is 0 Å². The molecule has 2 heterocycles. The van der Waals surface area contributed by atoms with Gasteiger partial charge in [-0.2, -0.15) is 0 Å². The maximum absolute atomic E-state index is 6.41. The fourth-order valence-electron chi connectivity index (χ4n) is 5.41. The van der Waals surface area contributed by atoms with E-state index in [4.69, 9.17) is 20.4 Å². The summed E-state index contributed by atoms with van der Waals surface area (Å²) in [5, 5.41) is 1.07. The molecule has 2 spiro atoms. The Morgan fingerprint density at radius 3 is 2.81 bits per heavy atom. The summed E-state index contributed by atoms with van der Waals surface area (Å²) in [5.41, 5.74) is 9.73. The maximum Gasteiger partial charge on any atom is 0.147 e. The molecule has 1 aliphatic heterocycles. The standard InChI is InChI=1S/C20H22BrN3OS/c1-11-23-16-17(26-11)20(24-18(16)22)15-9-13(21)4-3-12(15)10-19(20)7-5-14(25-2)6-8-19/h3-4,9,14H,5-8,10H2,1-2H3,(H2,22,24). The van der Waals surface area contributed by atoms with Gasteiger partial charge in [0.05, 0.1) is 16.0 Å². The Hall–Kier alpha value is -1.24. The van der Waals surface area contributed by atoms with Gasteiger partial charge in [0.2, 0.25) is 0 Å². The molecule has 3 aliphatic rings. The number of benzene rings is 1. The van der Waals surface area contributed by atoms with Crippen LogP contribution in [-0.4, -0.2) is 24.0 Å². The van der Waals surface area contributed by atoms with Gasteiger partial charge in [0.15, 0.2) is 0 Å². The lowest BCUT2D eigenvalue weighted by atomic mass is 9.61. The molecule has 26 heavy (non-hydrogen) atoms. The minimum atomic E-state index is -0.379. The highest BCUT2D eigenvalue weighted by Crippen LogP contribution is 2.65. The Bertz CT molecular complexity index is 929. The quantitative estimate of drug-likeness (QED) is 0.731. The number of methoxy groups -OCH3 is 1. The summed E-state index contributed by atoms with van der Waals surface area (Å²) in [6.45, 7) is 2.06.